The van der Waals surface area contributed by atoms with Gasteiger partial charge in [-0.15, -0.1) is 5.11 Å². The minimum absolute atomic E-state index is 0.0814. The molecule has 10 heteroatoms. The van der Waals surface area contributed by atoms with E-state index >= 15 is 0 Å². The van der Waals surface area contributed by atoms with Gasteiger partial charge in [0.15, 0.2) is 17.2 Å². The van der Waals surface area contributed by atoms with Crippen LogP contribution in [0.3, 0.4) is 0 Å². The average Bonchev–Trinajstić information content (AvgIpc) is 2.57. The number of halogens is 4. The molecule has 0 saturated heterocycles. The van der Waals surface area contributed by atoms with Crippen LogP contribution in [0.1, 0.15) is 5.56 Å². The van der Waals surface area contributed by atoms with E-state index in [1.807, 2.05) is 0 Å². The molecule has 1 aromatic heterocycles. The van der Waals surface area contributed by atoms with Crippen LogP contribution < -0.4 is 9.47 Å². The van der Waals surface area contributed by atoms with E-state index in [4.69, 9.17) is 9.47 Å². The fraction of sp³-hybridized carbons (Fsp3) is 0.214. The third kappa shape index (κ3) is 3.36. The minimum atomic E-state index is -1.82. The quantitative estimate of drug-likeness (QED) is 0.510. The summed E-state index contributed by atoms with van der Waals surface area (Å²) < 4.78 is 62.6. The SMILES string of the molecule is COc1cc(CN=Nc2c(F)c(F)nc(F)c2F)cc(OC)c1O. The number of methoxy groups -OCH3 is 2. The van der Waals surface area contributed by atoms with Gasteiger partial charge in [-0.2, -0.15) is 27.7 Å². The molecule has 1 aromatic carbocycles. The van der Waals surface area contributed by atoms with Gasteiger partial charge in [-0.1, -0.05) is 0 Å². The summed E-state index contributed by atoms with van der Waals surface area (Å²) in [5.74, 6) is -7.23. The maximum Gasteiger partial charge on any atom is 0.254 e. The summed E-state index contributed by atoms with van der Waals surface area (Å²) in [5, 5.41) is 16.4. The molecule has 0 fully saturated rings. The number of phenolic OH excluding ortho intramolecular Hbond substituents is 1. The van der Waals surface area contributed by atoms with Crippen LogP contribution in [0.25, 0.3) is 0 Å². The molecular formula is C14H11F4N3O3. The van der Waals surface area contributed by atoms with Crippen LogP contribution in [0.2, 0.25) is 0 Å². The van der Waals surface area contributed by atoms with E-state index in [2.05, 4.69) is 15.2 Å². The molecular weight excluding hydrogens is 334 g/mol. The molecule has 0 aliphatic carbocycles. The Morgan fingerprint density at radius 2 is 1.50 bits per heavy atom. The van der Waals surface area contributed by atoms with Crippen molar-refractivity contribution in [3.8, 4) is 17.2 Å². The zero-order valence-corrected chi connectivity index (χ0v) is 12.5. The maximum absolute atomic E-state index is 13.4. The van der Waals surface area contributed by atoms with E-state index in [1.165, 1.54) is 26.4 Å². The first kappa shape index (κ1) is 17.4. The molecule has 2 rings (SSSR count). The molecule has 0 radical (unpaired) electrons. The Hall–Kier alpha value is -2.91. The highest BCUT2D eigenvalue weighted by molar-refractivity contribution is 5.52. The number of benzene rings is 1. The number of hydrogen-bond donors (Lipinski definition) is 1. The number of hydrogen-bond acceptors (Lipinski definition) is 6. The Morgan fingerprint density at radius 3 is 1.96 bits per heavy atom. The Bertz CT molecular complexity index is 748. The first-order valence-corrected chi connectivity index (χ1v) is 6.40. The molecule has 1 heterocycles. The smallest absolute Gasteiger partial charge is 0.254 e. The molecule has 0 saturated carbocycles. The number of aromatic hydroxyl groups is 1. The summed E-state index contributed by atoms with van der Waals surface area (Å²) in [6, 6.07) is 2.77. The largest absolute Gasteiger partial charge is 0.502 e. The number of phenols is 1. The van der Waals surface area contributed by atoms with E-state index in [-0.39, 0.29) is 23.8 Å². The highest BCUT2D eigenvalue weighted by Crippen LogP contribution is 2.37. The molecule has 1 N–H and O–H groups in total. The summed E-state index contributed by atoms with van der Waals surface area (Å²) in [7, 11) is 2.63. The normalized spacial score (nSPS) is 11.1. The van der Waals surface area contributed by atoms with Crippen LogP contribution in [-0.2, 0) is 6.54 Å². The predicted molar refractivity (Wildman–Crippen MR) is 73.5 cm³/mol. The lowest BCUT2D eigenvalue weighted by Crippen LogP contribution is -1.99. The lowest BCUT2D eigenvalue weighted by molar-refractivity contribution is 0.339. The molecule has 0 aliphatic heterocycles. The second-order valence-electron chi connectivity index (χ2n) is 4.42. The van der Waals surface area contributed by atoms with Gasteiger partial charge in [0.1, 0.15) is 0 Å². The predicted octanol–water partition coefficient (Wildman–Crippen LogP) is 3.64. The molecule has 0 amide bonds. The Morgan fingerprint density at radius 1 is 1.00 bits per heavy atom. The van der Waals surface area contributed by atoms with Gasteiger partial charge in [-0.3, -0.25) is 0 Å². The number of aromatic nitrogens is 1. The first-order chi connectivity index (χ1) is 11.4. The van der Waals surface area contributed by atoms with Crippen LogP contribution in [-0.4, -0.2) is 24.3 Å². The Labute approximate surface area is 133 Å². The highest BCUT2D eigenvalue weighted by Gasteiger charge is 2.20. The van der Waals surface area contributed by atoms with Crippen molar-refractivity contribution in [3.63, 3.8) is 0 Å². The van der Waals surface area contributed by atoms with Crippen molar-refractivity contribution in [2.24, 2.45) is 10.2 Å². The molecule has 24 heavy (non-hydrogen) atoms. The van der Waals surface area contributed by atoms with Crippen molar-refractivity contribution < 1.29 is 32.1 Å². The third-order valence-corrected chi connectivity index (χ3v) is 2.94. The van der Waals surface area contributed by atoms with Crippen molar-refractivity contribution in [3.05, 3.63) is 41.2 Å². The van der Waals surface area contributed by atoms with E-state index in [0.29, 0.717) is 5.56 Å². The third-order valence-electron chi connectivity index (χ3n) is 2.94. The number of nitrogens with zero attached hydrogens (tertiary/aromatic N) is 3. The second-order valence-corrected chi connectivity index (χ2v) is 4.42. The zero-order chi connectivity index (χ0) is 17.9. The van der Waals surface area contributed by atoms with Crippen LogP contribution in [0.5, 0.6) is 17.2 Å². The van der Waals surface area contributed by atoms with E-state index in [1.54, 1.807) is 0 Å². The van der Waals surface area contributed by atoms with Gasteiger partial charge in [-0.05, 0) is 17.7 Å². The molecule has 6 nitrogen and oxygen atoms in total. The minimum Gasteiger partial charge on any atom is -0.502 e. The van der Waals surface area contributed by atoms with Crippen LogP contribution in [0.15, 0.2) is 22.4 Å². The van der Waals surface area contributed by atoms with Crippen molar-refractivity contribution in [1.29, 1.82) is 0 Å². The van der Waals surface area contributed by atoms with E-state index in [0.717, 1.165) is 0 Å². The van der Waals surface area contributed by atoms with Gasteiger partial charge in [0.05, 0.1) is 20.8 Å². The summed E-state index contributed by atoms with van der Waals surface area (Å²) in [6.07, 6.45) is 0. The van der Waals surface area contributed by atoms with Gasteiger partial charge < -0.3 is 14.6 Å². The van der Waals surface area contributed by atoms with Crippen molar-refractivity contribution in [1.82, 2.24) is 4.98 Å². The fourth-order valence-corrected chi connectivity index (χ4v) is 1.79. The molecule has 0 aliphatic rings. The molecule has 0 unspecified atom stereocenters. The number of pyridine rings is 1. The van der Waals surface area contributed by atoms with Crippen LogP contribution in [0, 0.1) is 23.5 Å². The Balaban J connectivity index is 2.30. The van der Waals surface area contributed by atoms with Crippen molar-refractivity contribution in [2.75, 3.05) is 14.2 Å². The first-order valence-electron chi connectivity index (χ1n) is 6.40. The summed E-state index contributed by atoms with van der Waals surface area (Å²) >= 11 is 0. The van der Waals surface area contributed by atoms with Crippen LogP contribution >= 0.6 is 0 Å². The number of ether oxygens (including phenoxy) is 2. The summed E-state index contributed by atoms with van der Waals surface area (Å²) in [6.45, 7) is -0.225. The monoisotopic (exact) mass is 345 g/mol. The number of azo groups is 1. The summed E-state index contributed by atoms with van der Waals surface area (Å²) in [5.41, 5.74) is -0.821. The maximum atomic E-state index is 13.4. The lowest BCUT2D eigenvalue weighted by Gasteiger charge is -2.09. The van der Waals surface area contributed by atoms with E-state index in [9.17, 15) is 22.7 Å². The molecule has 2 aromatic rings. The van der Waals surface area contributed by atoms with E-state index < -0.39 is 29.2 Å². The average molecular weight is 345 g/mol. The number of rotatable bonds is 5. The zero-order valence-electron chi connectivity index (χ0n) is 12.5. The topological polar surface area (TPSA) is 76.3 Å². The van der Waals surface area contributed by atoms with Gasteiger partial charge in [-0.25, -0.2) is 0 Å². The lowest BCUT2D eigenvalue weighted by atomic mass is 10.2. The summed E-state index contributed by atoms with van der Waals surface area (Å²) in [4.78, 5) is 2.41. The Kier molecular flexibility index (Phi) is 5.17. The molecule has 0 spiro atoms. The van der Waals surface area contributed by atoms with Crippen LogP contribution in [0.4, 0.5) is 23.2 Å². The molecule has 0 atom stereocenters. The standard InChI is InChI=1S/C14H11F4N3O3/c1-23-7-3-6(4-8(24-2)12(7)22)5-19-21-11-9(15)13(17)20-14(18)10(11)16/h3-4,22H,5H2,1-2H3. The van der Waals surface area contributed by atoms with Crippen molar-refractivity contribution >= 4 is 5.69 Å². The molecule has 128 valence electrons. The van der Waals surface area contributed by atoms with Gasteiger partial charge in [0.25, 0.3) is 11.9 Å². The highest BCUT2D eigenvalue weighted by atomic mass is 19.2. The fourth-order valence-electron chi connectivity index (χ4n) is 1.79. The van der Waals surface area contributed by atoms with Crippen molar-refractivity contribution in [2.45, 2.75) is 6.54 Å². The molecule has 0 bridgehead atoms. The second kappa shape index (κ2) is 7.11. The van der Waals surface area contributed by atoms with Gasteiger partial charge in [0, 0.05) is 0 Å². The van der Waals surface area contributed by atoms with Gasteiger partial charge >= 0.3 is 0 Å². The van der Waals surface area contributed by atoms with Gasteiger partial charge in [0.2, 0.25) is 17.4 Å².